The first kappa shape index (κ1) is 15.9. The number of nitro groups is 1. The van der Waals surface area contributed by atoms with Gasteiger partial charge >= 0.3 is 5.97 Å². The summed E-state index contributed by atoms with van der Waals surface area (Å²) in [5.74, 6) is -1.78. The number of carboxylic acids is 1. The molecule has 0 aliphatic carbocycles. The lowest BCUT2D eigenvalue weighted by Crippen LogP contribution is -2.40. The van der Waals surface area contributed by atoms with Crippen LogP contribution in [0.3, 0.4) is 0 Å². The van der Waals surface area contributed by atoms with E-state index in [-0.39, 0.29) is 22.3 Å². The van der Waals surface area contributed by atoms with Crippen LogP contribution in [0.1, 0.15) is 24.2 Å². The van der Waals surface area contributed by atoms with Crippen molar-refractivity contribution >= 4 is 29.2 Å². The van der Waals surface area contributed by atoms with Crippen LogP contribution in [0.15, 0.2) is 18.2 Å². The third-order valence-electron chi connectivity index (χ3n) is 2.53. The zero-order chi connectivity index (χ0) is 15.4. The Morgan fingerprint density at radius 3 is 2.45 bits per heavy atom. The third-order valence-corrected chi connectivity index (χ3v) is 2.75. The summed E-state index contributed by atoms with van der Waals surface area (Å²) >= 11 is 5.74. The van der Waals surface area contributed by atoms with E-state index >= 15 is 0 Å². The Bertz CT molecular complexity index is 559. The summed E-state index contributed by atoms with van der Waals surface area (Å²) in [4.78, 5) is 34.2. The van der Waals surface area contributed by atoms with Crippen molar-refractivity contribution in [1.29, 1.82) is 0 Å². The summed E-state index contributed by atoms with van der Waals surface area (Å²) in [6, 6.07) is 3.10. The Morgan fingerprint density at radius 1 is 1.40 bits per heavy atom. The Morgan fingerprint density at radius 2 is 2.00 bits per heavy atom. The second-order valence-corrected chi connectivity index (χ2v) is 4.81. The van der Waals surface area contributed by atoms with Crippen molar-refractivity contribution in [3.05, 3.63) is 38.9 Å². The van der Waals surface area contributed by atoms with Crippen LogP contribution in [0.4, 0.5) is 5.69 Å². The van der Waals surface area contributed by atoms with E-state index in [4.69, 9.17) is 16.7 Å². The van der Waals surface area contributed by atoms with E-state index in [1.165, 1.54) is 6.07 Å². The average molecular weight is 301 g/mol. The fourth-order valence-corrected chi connectivity index (χ4v) is 1.83. The number of nitrogens with zero attached hydrogens (tertiary/aromatic N) is 2. The van der Waals surface area contributed by atoms with E-state index in [0.29, 0.717) is 0 Å². The molecule has 0 atom stereocenters. The van der Waals surface area contributed by atoms with Crippen LogP contribution >= 0.6 is 11.6 Å². The minimum atomic E-state index is -1.16. The van der Waals surface area contributed by atoms with E-state index in [1.807, 2.05) is 0 Å². The number of hydrogen-bond acceptors (Lipinski definition) is 4. The SMILES string of the molecule is CC(C)N(CC(=O)O)C(=O)c1cc(Cl)cc([N+](=O)[O-])c1. The monoisotopic (exact) mass is 300 g/mol. The standard InChI is InChI=1S/C12H13ClN2O5/c1-7(2)14(6-11(16)17)12(18)8-3-9(13)5-10(4-8)15(19)20/h3-5,7H,6H2,1-2H3,(H,16,17). The molecule has 0 unspecified atom stereocenters. The molecule has 0 saturated carbocycles. The largest absolute Gasteiger partial charge is 0.480 e. The topological polar surface area (TPSA) is 101 Å². The number of aliphatic carboxylic acids is 1. The number of amides is 1. The minimum absolute atomic E-state index is 0.0147. The normalized spacial score (nSPS) is 10.4. The Hall–Kier alpha value is -2.15. The van der Waals surface area contributed by atoms with Crippen molar-refractivity contribution < 1.29 is 19.6 Å². The molecule has 0 aliphatic heterocycles. The fraction of sp³-hybridized carbons (Fsp3) is 0.333. The summed E-state index contributed by atoms with van der Waals surface area (Å²) in [6.07, 6.45) is 0. The zero-order valence-corrected chi connectivity index (χ0v) is 11.6. The number of carboxylic acid groups (broad SMARTS) is 1. The molecule has 1 aromatic rings. The lowest BCUT2D eigenvalue weighted by atomic mass is 10.1. The zero-order valence-electron chi connectivity index (χ0n) is 10.9. The van der Waals surface area contributed by atoms with Crippen molar-refractivity contribution in [3.63, 3.8) is 0 Å². The van der Waals surface area contributed by atoms with Crippen LogP contribution in [0.5, 0.6) is 0 Å². The summed E-state index contributed by atoms with van der Waals surface area (Å²) in [6.45, 7) is 2.82. The van der Waals surface area contributed by atoms with Crippen molar-refractivity contribution in [2.75, 3.05) is 6.54 Å². The summed E-state index contributed by atoms with van der Waals surface area (Å²) in [5, 5.41) is 19.6. The maximum Gasteiger partial charge on any atom is 0.323 e. The van der Waals surface area contributed by atoms with Crippen molar-refractivity contribution in [3.8, 4) is 0 Å². The molecule has 0 saturated heterocycles. The lowest BCUT2D eigenvalue weighted by Gasteiger charge is -2.24. The van der Waals surface area contributed by atoms with Gasteiger partial charge in [0.1, 0.15) is 6.54 Å². The summed E-state index contributed by atoms with van der Waals surface area (Å²) < 4.78 is 0. The van der Waals surface area contributed by atoms with Gasteiger partial charge in [0.2, 0.25) is 0 Å². The summed E-state index contributed by atoms with van der Waals surface area (Å²) in [5.41, 5.74) is -0.334. The molecule has 1 amide bonds. The van der Waals surface area contributed by atoms with Gasteiger partial charge in [-0.25, -0.2) is 0 Å². The van der Waals surface area contributed by atoms with Gasteiger partial charge in [0, 0.05) is 28.8 Å². The predicted molar refractivity (Wildman–Crippen MR) is 71.9 cm³/mol. The third kappa shape index (κ3) is 3.92. The van der Waals surface area contributed by atoms with Crippen LogP contribution in [0.25, 0.3) is 0 Å². The molecule has 0 heterocycles. The fourth-order valence-electron chi connectivity index (χ4n) is 1.60. The average Bonchev–Trinajstić information content (AvgIpc) is 2.33. The van der Waals surface area contributed by atoms with E-state index in [9.17, 15) is 19.7 Å². The second-order valence-electron chi connectivity index (χ2n) is 4.38. The van der Waals surface area contributed by atoms with Gasteiger partial charge < -0.3 is 10.0 Å². The number of rotatable bonds is 5. The lowest BCUT2D eigenvalue weighted by molar-refractivity contribution is -0.384. The number of benzene rings is 1. The van der Waals surface area contributed by atoms with Gasteiger partial charge in [0.25, 0.3) is 11.6 Å². The highest BCUT2D eigenvalue weighted by atomic mass is 35.5. The van der Waals surface area contributed by atoms with Gasteiger partial charge in [0.15, 0.2) is 0 Å². The van der Waals surface area contributed by atoms with Gasteiger partial charge in [-0.15, -0.1) is 0 Å². The Labute approximate surface area is 119 Å². The van der Waals surface area contributed by atoms with E-state index in [1.54, 1.807) is 13.8 Å². The van der Waals surface area contributed by atoms with Gasteiger partial charge in [-0.05, 0) is 19.9 Å². The number of carbonyl (C=O) groups excluding carboxylic acids is 1. The van der Waals surface area contributed by atoms with Crippen LogP contribution in [0.2, 0.25) is 5.02 Å². The molecule has 108 valence electrons. The number of carbonyl (C=O) groups is 2. The highest BCUT2D eigenvalue weighted by molar-refractivity contribution is 6.31. The quantitative estimate of drug-likeness (QED) is 0.663. The van der Waals surface area contributed by atoms with Crippen molar-refractivity contribution in [1.82, 2.24) is 4.90 Å². The highest BCUT2D eigenvalue weighted by Gasteiger charge is 2.23. The first-order valence-corrected chi connectivity index (χ1v) is 6.08. The molecule has 0 bridgehead atoms. The number of hydrogen-bond donors (Lipinski definition) is 1. The molecule has 1 aromatic carbocycles. The molecule has 0 aliphatic rings. The first-order valence-electron chi connectivity index (χ1n) is 5.70. The molecule has 7 nitrogen and oxygen atoms in total. The minimum Gasteiger partial charge on any atom is -0.480 e. The molecule has 8 heteroatoms. The number of halogens is 1. The molecule has 0 spiro atoms. The molecule has 0 fully saturated rings. The maximum atomic E-state index is 12.2. The van der Waals surface area contributed by atoms with E-state index < -0.39 is 23.3 Å². The molecule has 1 N–H and O–H groups in total. The van der Waals surface area contributed by atoms with Gasteiger partial charge in [-0.3, -0.25) is 19.7 Å². The second kappa shape index (κ2) is 6.33. The maximum absolute atomic E-state index is 12.2. The highest BCUT2D eigenvalue weighted by Crippen LogP contribution is 2.22. The smallest absolute Gasteiger partial charge is 0.323 e. The number of nitro benzene ring substituents is 1. The Kier molecular flexibility index (Phi) is 5.04. The van der Waals surface area contributed by atoms with Crippen molar-refractivity contribution in [2.24, 2.45) is 0 Å². The van der Waals surface area contributed by atoms with Gasteiger partial charge in [0.05, 0.1) is 4.92 Å². The van der Waals surface area contributed by atoms with Gasteiger partial charge in [-0.2, -0.15) is 0 Å². The van der Waals surface area contributed by atoms with Gasteiger partial charge in [-0.1, -0.05) is 11.6 Å². The summed E-state index contributed by atoms with van der Waals surface area (Å²) in [7, 11) is 0. The predicted octanol–water partition coefficient (Wildman–Crippen LogP) is 2.18. The van der Waals surface area contributed by atoms with E-state index in [2.05, 4.69) is 0 Å². The molecule has 0 radical (unpaired) electrons. The Balaban J connectivity index is 3.17. The molecular formula is C12H13ClN2O5. The molecular weight excluding hydrogens is 288 g/mol. The number of non-ortho nitro benzene ring substituents is 1. The molecule has 1 rings (SSSR count). The van der Waals surface area contributed by atoms with E-state index in [0.717, 1.165) is 17.0 Å². The molecule has 20 heavy (non-hydrogen) atoms. The van der Waals surface area contributed by atoms with Crippen LogP contribution in [-0.4, -0.2) is 39.4 Å². The van der Waals surface area contributed by atoms with Crippen molar-refractivity contribution in [2.45, 2.75) is 19.9 Å². The first-order chi connectivity index (χ1) is 9.22. The van der Waals surface area contributed by atoms with Crippen LogP contribution in [-0.2, 0) is 4.79 Å². The molecule has 0 aromatic heterocycles. The van der Waals surface area contributed by atoms with Crippen LogP contribution in [0, 0.1) is 10.1 Å². The van der Waals surface area contributed by atoms with Crippen LogP contribution < -0.4 is 0 Å².